The van der Waals surface area contributed by atoms with E-state index in [1.807, 2.05) is 29.2 Å². The van der Waals surface area contributed by atoms with Gasteiger partial charge in [-0.3, -0.25) is 14.4 Å². The second-order valence-electron chi connectivity index (χ2n) is 8.32. The topological polar surface area (TPSA) is 70.6 Å². The SMILES string of the molecule is O=C(c1ccc2nc(N3C(=O)c4ccccc4C3=O)sc2c1)N1CC[C@H](c2ccccc2)C1. The van der Waals surface area contributed by atoms with Crippen LogP contribution in [0.2, 0.25) is 0 Å². The van der Waals surface area contributed by atoms with Crippen LogP contribution in [0.4, 0.5) is 5.13 Å². The molecule has 2 aliphatic heterocycles. The second kappa shape index (κ2) is 7.64. The van der Waals surface area contributed by atoms with Gasteiger partial charge < -0.3 is 4.90 Å². The molecule has 1 aromatic heterocycles. The molecule has 7 heteroatoms. The van der Waals surface area contributed by atoms with Gasteiger partial charge in [0.25, 0.3) is 17.7 Å². The highest BCUT2D eigenvalue weighted by molar-refractivity contribution is 7.22. The average molecular weight is 454 g/mol. The van der Waals surface area contributed by atoms with Crippen LogP contribution in [0.3, 0.4) is 0 Å². The Labute approximate surface area is 194 Å². The summed E-state index contributed by atoms with van der Waals surface area (Å²) in [5.41, 5.74) is 3.29. The minimum absolute atomic E-state index is 0.00832. The molecule has 6 nitrogen and oxygen atoms in total. The number of imide groups is 1. The number of fused-ring (bicyclic) bond motifs is 2. The Hall–Kier alpha value is -3.84. The molecule has 0 saturated carbocycles. The second-order valence-corrected chi connectivity index (χ2v) is 9.33. The number of hydrogen-bond acceptors (Lipinski definition) is 5. The van der Waals surface area contributed by atoms with Crippen LogP contribution in [0.25, 0.3) is 10.2 Å². The van der Waals surface area contributed by atoms with Gasteiger partial charge in [0.1, 0.15) is 0 Å². The van der Waals surface area contributed by atoms with Gasteiger partial charge in [0.2, 0.25) is 5.13 Å². The van der Waals surface area contributed by atoms with E-state index in [0.717, 1.165) is 22.6 Å². The summed E-state index contributed by atoms with van der Waals surface area (Å²) in [4.78, 5) is 46.3. The van der Waals surface area contributed by atoms with Gasteiger partial charge in [-0.05, 0) is 42.3 Å². The first-order valence-electron chi connectivity index (χ1n) is 10.8. The van der Waals surface area contributed by atoms with E-state index in [1.54, 1.807) is 36.4 Å². The third kappa shape index (κ3) is 3.24. The molecule has 0 spiro atoms. The molecule has 162 valence electrons. The Bertz CT molecular complexity index is 1390. The van der Waals surface area contributed by atoms with E-state index in [0.29, 0.717) is 39.8 Å². The zero-order chi connectivity index (χ0) is 22.5. The predicted octanol–water partition coefficient (Wildman–Crippen LogP) is 4.73. The van der Waals surface area contributed by atoms with Crippen LogP contribution < -0.4 is 4.90 Å². The highest BCUT2D eigenvalue weighted by Crippen LogP contribution is 2.35. The third-order valence-electron chi connectivity index (χ3n) is 6.36. The molecule has 6 rings (SSSR count). The molecule has 0 N–H and O–H groups in total. The molecule has 33 heavy (non-hydrogen) atoms. The molecule has 3 amide bonds. The van der Waals surface area contributed by atoms with Gasteiger partial charge in [-0.2, -0.15) is 0 Å². The first-order valence-corrected chi connectivity index (χ1v) is 11.6. The van der Waals surface area contributed by atoms with Crippen molar-refractivity contribution in [3.05, 3.63) is 95.1 Å². The van der Waals surface area contributed by atoms with Gasteiger partial charge in [-0.1, -0.05) is 53.8 Å². The molecule has 0 unspecified atom stereocenters. The van der Waals surface area contributed by atoms with Crippen molar-refractivity contribution >= 4 is 44.4 Å². The first kappa shape index (κ1) is 19.8. The van der Waals surface area contributed by atoms with Gasteiger partial charge in [0.05, 0.1) is 21.3 Å². The molecule has 0 bridgehead atoms. The lowest BCUT2D eigenvalue weighted by molar-refractivity contribution is 0.0790. The maximum atomic E-state index is 13.2. The lowest BCUT2D eigenvalue weighted by atomic mass is 9.99. The zero-order valence-corrected chi connectivity index (χ0v) is 18.4. The van der Waals surface area contributed by atoms with Gasteiger partial charge in [0, 0.05) is 24.6 Å². The molecule has 1 saturated heterocycles. The van der Waals surface area contributed by atoms with E-state index in [-0.39, 0.29) is 17.7 Å². The standard InChI is InChI=1S/C26H19N3O3S/c30-23(28-13-12-18(15-28)16-6-2-1-3-7-16)17-10-11-21-22(14-17)33-26(27-21)29-24(31)19-8-4-5-9-20(19)25(29)32/h1-11,14,18H,12-13,15H2/t18-/m0/s1. The van der Waals surface area contributed by atoms with Crippen LogP contribution in [0.15, 0.2) is 72.8 Å². The number of likely N-dealkylation sites (tertiary alicyclic amines) is 1. The number of anilines is 1. The Balaban J connectivity index is 1.26. The molecule has 1 atom stereocenters. The number of thiazole rings is 1. The van der Waals surface area contributed by atoms with Gasteiger partial charge in [-0.25, -0.2) is 9.88 Å². The van der Waals surface area contributed by atoms with Crippen LogP contribution in [0.1, 0.15) is 49.0 Å². The highest BCUT2D eigenvalue weighted by Gasteiger charge is 2.38. The largest absolute Gasteiger partial charge is 0.338 e. The summed E-state index contributed by atoms with van der Waals surface area (Å²) in [7, 11) is 0. The van der Waals surface area contributed by atoms with Crippen molar-refractivity contribution in [3.63, 3.8) is 0 Å². The fourth-order valence-corrected chi connectivity index (χ4v) is 5.63. The van der Waals surface area contributed by atoms with E-state index in [1.165, 1.54) is 16.9 Å². The number of amides is 3. The smallest absolute Gasteiger partial charge is 0.268 e. The Morgan fingerprint density at radius 3 is 2.33 bits per heavy atom. The Morgan fingerprint density at radius 2 is 1.61 bits per heavy atom. The van der Waals surface area contributed by atoms with Crippen LogP contribution in [-0.2, 0) is 0 Å². The molecular formula is C26H19N3O3S. The summed E-state index contributed by atoms with van der Waals surface area (Å²) in [6.07, 6.45) is 0.947. The summed E-state index contributed by atoms with van der Waals surface area (Å²) >= 11 is 1.25. The fraction of sp³-hybridized carbons (Fsp3) is 0.154. The molecule has 0 aliphatic carbocycles. The van der Waals surface area contributed by atoms with Crippen molar-refractivity contribution in [1.82, 2.24) is 9.88 Å². The highest BCUT2D eigenvalue weighted by atomic mass is 32.1. The lowest BCUT2D eigenvalue weighted by Gasteiger charge is -2.17. The molecule has 1 fully saturated rings. The monoisotopic (exact) mass is 453 g/mol. The maximum absolute atomic E-state index is 13.2. The van der Waals surface area contributed by atoms with Crippen molar-refractivity contribution in [2.45, 2.75) is 12.3 Å². The quantitative estimate of drug-likeness (QED) is 0.421. The minimum atomic E-state index is -0.366. The summed E-state index contributed by atoms with van der Waals surface area (Å²) in [5.74, 6) is -0.390. The number of aromatic nitrogens is 1. The fourth-order valence-electron chi connectivity index (χ4n) is 4.63. The normalized spacial score (nSPS) is 17.8. The van der Waals surface area contributed by atoms with Crippen molar-refractivity contribution in [1.29, 1.82) is 0 Å². The number of carbonyl (C=O) groups excluding carboxylic acids is 3. The summed E-state index contributed by atoms with van der Waals surface area (Å²) in [6, 6.07) is 22.4. The third-order valence-corrected chi connectivity index (χ3v) is 7.36. The predicted molar refractivity (Wildman–Crippen MR) is 127 cm³/mol. The number of nitrogens with zero attached hydrogens (tertiary/aromatic N) is 3. The minimum Gasteiger partial charge on any atom is -0.338 e. The number of hydrogen-bond donors (Lipinski definition) is 0. The maximum Gasteiger partial charge on any atom is 0.268 e. The number of carbonyl (C=O) groups is 3. The zero-order valence-electron chi connectivity index (χ0n) is 17.6. The number of benzene rings is 3. The summed E-state index contributed by atoms with van der Waals surface area (Å²) in [5, 5.41) is 0.325. The molecule has 3 heterocycles. The average Bonchev–Trinajstić information content (AvgIpc) is 3.56. The van der Waals surface area contributed by atoms with E-state index >= 15 is 0 Å². The van der Waals surface area contributed by atoms with Crippen molar-refractivity contribution < 1.29 is 14.4 Å². The van der Waals surface area contributed by atoms with Crippen LogP contribution in [0.5, 0.6) is 0 Å². The van der Waals surface area contributed by atoms with Crippen molar-refractivity contribution in [2.24, 2.45) is 0 Å². The van der Waals surface area contributed by atoms with E-state index < -0.39 is 0 Å². The Kier molecular flexibility index (Phi) is 4.58. The van der Waals surface area contributed by atoms with Gasteiger partial charge in [0.15, 0.2) is 0 Å². The van der Waals surface area contributed by atoms with Crippen molar-refractivity contribution in [2.75, 3.05) is 18.0 Å². The van der Waals surface area contributed by atoms with E-state index in [2.05, 4.69) is 17.1 Å². The van der Waals surface area contributed by atoms with Crippen molar-refractivity contribution in [3.8, 4) is 0 Å². The lowest BCUT2D eigenvalue weighted by Crippen LogP contribution is -2.29. The van der Waals surface area contributed by atoms with E-state index in [9.17, 15) is 14.4 Å². The summed E-state index contributed by atoms with van der Waals surface area (Å²) < 4.78 is 0.770. The van der Waals surface area contributed by atoms with Crippen LogP contribution in [-0.4, -0.2) is 40.7 Å². The first-order chi connectivity index (χ1) is 16.1. The Morgan fingerprint density at radius 1 is 0.909 bits per heavy atom. The van der Waals surface area contributed by atoms with Gasteiger partial charge >= 0.3 is 0 Å². The molecule has 4 aromatic rings. The molecule has 3 aromatic carbocycles. The van der Waals surface area contributed by atoms with Crippen LogP contribution in [0, 0.1) is 0 Å². The molecular weight excluding hydrogens is 434 g/mol. The molecule has 0 radical (unpaired) electrons. The van der Waals surface area contributed by atoms with Crippen LogP contribution >= 0.6 is 11.3 Å². The molecule has 2 aliphatic rings. The van der Waals surface area contributed by atoms with Gasteiger partial charge in [-0.15, -0.1) is 0 Å². The number of rotatable bonds is 3. The van der Waals surface area contributed by atoms with E-state index in [4.69, 9.17) is 0 Å². The summed E-state index contributed by atoms with van der Waals surface area (Å²) in [6.45, 7) is 1.42.